The van der Waals surface area contributed by atoms with Crippen LogP contribution in [0.1, 0.15) is 32.4 Å². The molecule has 2 aromatic rings. The van der Waals surface area contributed by atoms with E-state index in [1.807, 2.05) is 24.3 Å². The highest BCUT2D eigenvalue weighted by Crippen LogP contribution is 2.39. The van der Waals surface area contributed by atoms with Gasteiger partial charge < -0.3 is 10.3 Å². The number of hydrogen-bond acceptors (Lipinski definition) is 3. The number of hydrogen-bond donors (Lipinski definition) is 1. The zero-order valence-electron chi connectivity index (χ0n) is 10.8. The molecule has 0 fully saturated rings. The third kappa shape index (κ3) is 2.29. The molecule has 0 bridgehead atoms. The molecule has 1 aromatic heterocycles. The van der Waals surface area contributed by atoms with E-state index in [4.69, 9.17) is 10.3 Å². The molecule has 1 atom stereocenters. The Bertz CT molecular complexity index is 548. The molecule has 1 heterocycles. The number of rotatable bonds is 3. The van der Waals surface area contributed by atoms with Crippen molar-refractivity contribution in [3.8, 4) is 11.1 Å². The van der Waals surface area contributed by atoms with Crippen LogP contribution in [0.3, 0.4) is 0 Å². The van der Waals surface area contributed by atoms with Gasteiger partial charge in [0, 0.05) is 16.0 Å². The largest absolute Gasteiger partial charge is 0.380 e. The normalized spacial score (nSPS) is 12.9. The molecule has 0 aliphatic rings. The molecule has 1 aromatic carbocycles. The molecular formula is C14H17BrN2O. The van der Waals surface area contributed by atoms with Crippen LogP contribution in [-0.2, 0) is 0 Å². The fraction of sp³-hybridized carbons (Fsp3) is 0.357. The third-order valence-electron chi connectivity index (χ3n) is 3.30. The van der Waals surface area contributed by atoms with E-state index in [1.54, 1.807) is 0 Å². The third-order valence-corrected chi connectivity index (χ3v) is 3.99. The lowest BCUT2D eigenvalue weighted by Gasteiger charge is -2.14. The van der Waals surface area contributed by atoms with Gasteiger partial charge in [-0.2, -0.15) is 0 Å². The fourth-order valence-corrected chi connectivity index (χ4v) is 2.35. The molecule has 0 radical (unpaired) electrons. The minimum atomic E-state index is 0.275. The van der Waals surface area contributed by atoms with Crippen LogP contribution < -0.4 is 5.73 Å². The quantitative estimate of drug-likeness (QED) is 0.911. The zero-order chi connectivity index (χ0) is 13.3. The number of benzene rings is 1. The summed E-state index contributed by atoms with van der Waals surface area (Å²) in [5.74, 6) is 2.05. The predicted octanol–water partition coefficient (Wildman–Crippen LogP) is 4.45. The van der Waals surface area contributed by atoms with Crippen LogP contribution >= 0.6 is 15.9 Å². The Morgan fingerprint density at radius 1 is 1.22 bits per heavy atom. The SMILES string of the molecule is CC(C)C(C)c1onc(N)c1-c1ccccc1Br. The minimum absolute atomic E-state index is 0.275. The fourth-order valence-electron chi connectivity index (χ4n) is 1.86. The molecule has 18 heavy (non-hydrogen) atoms. The van der Waals surface area contributed by atoms with E-state index in [9.17, 15) is 0 Å². The molecule has 0 saturated carbocycles. The van der Waals surface area contributed by atoms with E-state index < -0.39 is 0 Å². The molecule has 0 saturated heterocycles. The lowest BCUT2D eigenvalue weighted by Crippen LogP contribution is -2.02. The first-order valence-electron chi connectivity index (χ1n) is 6.02. The van der Waals surface area contributed by atoms with Crippen molar-refractivity contribution in [3.63, 3.8) is 0 Å². The van der Waals surface area contributed by atoms with Crippen molar-refractivity contribution in [2.75, 3.05) is 5.73 Å². The van der Waals surface area contributed by atoms with Gasteiger partial charge in [-0.05, 0) is 12.0 Å². The van der Waals surface area contributed by atoms with Crippen molar-refractivity contribution in [2.45, 2.75) is 26.7 Å². The first-order valence-corrected chi connectivity index (χ1v) is 6.81. The van der Waals surface area contributed by atoms with Crippen LogP contribution in [0, 0.1) is 5.92 Å². The van der Waals surface area contributed by atoms with Gasteiger partial charge in [0.05, 0.1) is 5.56 Å². The molecule has 0 amide bonds. The monoisotopic (exact) mass is 308 g/mol. The molecule has 0 spiro atoms. The van der Waals surface area contributed by atoms with Crippen LogP contribution in [-0.4, -0.2) is 5.16 Å². The zero-order valence-corrected chi connectivity index (χ0v) is 12.4. The highest BCUT2D eigenvalue weighted by atomic mass is 79.9. The Morgan fingerprint density at radius 2 is 1.89 bits per heavy atom. The minimum Gasteiger partial charge on any atom is -0.380 e. The van der Waals surface area contributed by atoms with E-state index in [1.165, 1.54) is 0 Å². The number of nitrogens with zero attached hydrogens (tertiary/aromatic N) is 1. The van der Waals surface area contributed by atoms with Gasteiger partial charge in [-0.15, -0.1) is 0 Å². The van der Waals surface area contributed by atoms with Crippen molar-refractivity contribution < 1.29 is 4.52 Å². The second kappa shape index (κ2) is 5.14. The Morgan fingerprint density at radius 3 is 2.50 bits per heavy atom. The van der Waals surface area contributed by atoms with E-state index >= 15 is 0 Å². The summed E-state index contributed by atoms with van der Waals surface area (Å²) < 4.78 is 6.43. The second-order valence-electron chi connectivity index (χ2n) is 4.82. The molecule has 2 rings (SSSR count). The van der Waals surface area contributed by atoms with Crippen molar-refractivity contribution >= 4 is 21.7 Å². The Balaban J connectivity index is 2.58. The summed E-state index contributed by atoms with van der Waals surface area (Å²) in [5.41, 5.74) is 7.89. The molecular weight excluding hydrogens is 292 g/mol. The van der Waals surface area contributed by atoms with E-state index in [2.05, 4.69) is 41.9 Å². The smallest absolute Gasteiger partial charge is 0.175 e. The lowest BCUT2D eigenvalue weighted by atomic mass is 9.91. The van der Waals surface area contributed by atoms with Crippen molar-refractivity contribution in [3.05, 3.63) is 34.5 Å². The number of nitrogen functional groups attached to an aromatic ring is 1. The van der Waals surface area contributed by atoms with Gasteiger partial charge in [-0.3, -0.25) is 0 Å². The average Bonchev–Trinajstić information content (AvgIpc) is 2.71. The Labute approximate surface area is 115 Å². The van der Waals surface area contributed by atoms with Gasteiger partial charge in [0.15, 0.2) is 5.82 Å². The van der Waals surface area contributed by atoms with Crippen LogP contribution in [0.15, 0.2) is 33.3 Å². The van der Waals surface area contributed by atoms with Crippen molar-refractivity contribution in [1.29, 1.82) is 0 Å². The highest BCUT2D eigenvalue weighted by Gasteiger charge is 2.24. The van der Waals surface area contributed by atoms with Gasteiger partial charge >= 0.3 is 0 Å². The first kappa shape index (κ1) is 13.1. The molecule has 4 heteroatoms. The summed E-state index contributed by atoms with van der Waals surface area (Å²) in [7, 11) is 0. The van der Waals surface area contributed by atoms with Crippen molar-refractivity contribution in [1.82, 2.24) is 5.16 Å². The number of anilines is 1. The second-order valence-corrected chi connectivity index (χ2v) is 5.67. The Kier molecular flexibility index (Phi) is 3.76. The Hall–Kier alpha value is -1.29. The van der Waals surface area contributed by atoms with Crippen LogP contribution in [0.4, 0.5) is 5.82 Å². The van der Waals surface area contributed by atoms with Gasteiger partial charge in [-0.1, -0.05) is 60.1 Å². The number of aromatic nitrogens is 1. The van der Waals surface area contributed by atoms with Crippen LogP contribution in [0.5, 0.6) is 0 Å². The molecule has 1 unspecified atom stereocenters. The van der Waals surface area contributed by atoms with Gasteiger partial charge in [0.25, 0.3) is 0 Å². The summed E-state index contributed by atoms with van der Waals surface area (Å²) in [4.78, 5) is 0. The maximum atomic E-state index is 5.95. The molecule has 0 aliphatic heterocycles. The summed E-state index contributed by atoms with van der Waals surface area (Å²) in [6.45, 7) is 6.45. The van der Waals surface area contributed by atoms with Gasteiger partial charge in [0.2, 0.25) is 0 Å². The average molecular weight is 309 g/mol. The standard InChI is InChI=1S/C14H17BrN2O/c1-8(2)9(3)13-12(14(16)17-18-13)10-6-4-5-7-11(10)15/h4-9H,1-3H3,(H2,16,17). The molecule has 3 nitrogen and oxygen atoms in total. The summed E-state index contributed by atoms with van der Waals surface area (Å²) in [5, 5.41) is 3.92. The van der Waals surface area contributed by atoms with Crippen LogP contribution in [0.2, 0.25) is 0 Å². The lowest BCUT2D eigenvalue weighted by molar-refractivity contribution is 0.341. The topological polar surface area (TPSA) is 52.0 Å². The molecule has 2 N–H and O–H groups in total. The van der Waals surface area contributed by atoms with Crippen molar-refractivity contribution in [2.24, 2.45) is 5.92 Å². The molecule has 96 valence electrons. The van der Waals surface area contributed by atoms with Gasteiger partial charge in [0.1, 0.15) is 5.76 Å². The summed E-state index contributed by atoms with van der Waals surface area (Å²) >= 11 is 3.55. The maximum Gasteiger partial charge on any atom is 0.175 e. The molecule has 0 aliphatic carbocycles. The van der Waals surface area contributed by atoms with E-state index in [0.717, 1.165) is 21.4 Å². The maximum absolute atomic E-state index is 5.95. The van der Waals surface area contributed by atoms with E-state index in [0.29, 0.717) is 11.7 Å². The number of halogens is 1. The van der Waals surface area contributed by atoms with E-state index in [-0.39, 0.29) is 5.92 Å². The highest BCUT2D eigenvalue weighted by molar-refractivity contribution is 9.10. The van der Waals surface area contributed by atoms with Crippen LogP contribution in [0.25, 0.3) is 11.1 Å². The first-order chi connectivity index (χ1) is 8.52. The predicted molar refractivity (Wildman–Crippen MR) is 77.3 cm³/mol. The number of nitrogens with two attached hydrogens (primary N) is 1. The van der Waals surface area contributed by atoms with Gasteiger partial charge in [-0.25, -0.2) is 0 Å². The summed E-state index contributed by atoms with van der Waals surface area (Å²) in [6, 6.07) is 7.97. The summed E-state index contributed by atoms with van der Waals surface area (Å²) in [6.07, 6.45) is 0.